The van der Waals surface area contributed by atoms with Gasteiger partial charge in [0.05, 0.1) is 6.61 Å². The molecule has 1 unspecified atom stereocenters. The summed E-state index contributed by atoms with van der Waals surface area (Å²) in [6.45, 7) is 4.73. The van der Waals surface area contributed by atoms with Gasteiger partial charge in [0.1, 0.15) is 6.04 Å². The van der Waals surface area contributed by atoms with E-state index < -0.39 is 17.8 Å². The van der Waals surface area contributed by atoms with E-state index in [1.54, 1.807) is 0 Å². The largest absolute Gasteiger partial charge is 0.488 e. The molecule has 8 heteroatoms. The van der Waals surface area contributed by atoms with E-state index >= 15 is 0 Å². The van der Waals surface area contributed by atoms with Crippen molar-refractivity contribution in [1.29, 1.82) is 0 Å². The van der Waals surface area contributed by atoms with Gasteiger partial charge in [-0.15, -0.1) is 0 Å². The van der Waals surface area contributed by atoms with E-state index in [4.69, 9.17) is 16.3 Å². The smallest absolute Gasteiger partial charge is 0.410 e. The fraction of sp³-hybridized carbons (Fsp3) is 0.636. The van der Waals surface area contributed by atoms with Gasteiger partial charge in [0.25, 0.3) is 0 Å². The number of alkyl halides is 3. The lowest BCUT2D eigenvalue weighted by molar-refractivity contribution is -0.166. The van der Waals surface area contributed by atoms with Crippen molar-refractivity contribution in [2.75, 3.05) is 6.61 Å². The molecule has 4 nitrogen and oxygen atoms in total. The fourth-order valence-electron chi connectivity index (χ4n) is 1.22. The van der Waals surface area contributed by atoms with Crippen LogP contribution < -0.4 is 10.3 Å². The third-order valence-electron chi connectivity index (χ3n) is 2.29. The highest BCUT2D eigenvalue weighted by molar-refractivity contribution is 6.29. The van der Waals surface area contributed by atoms with Crippen LogP contribution in [0.15, 0.2) is 10.9 Å². The molecule has 0 fully saturated rings. The molecule has 0 aliphatic carbocycles. The highest BCUT2D eigenvalue weighted by atomic mass is 35.5. The lowest BCUT2D eigenvalue weighted by atomic mass is 10.2. The Labute approximate surface area is 113 Å². The quantitative estimate of drug-likeness (QED) is 0.858. The minimum Gasteiger partial charge on any atom is -0.488 e. The molecule has 0 bridgehead atoms. The molecular weight excluding hydrogens is 285 g/mol. The van der Waals surface area contributed by atoms with Gasteiger partial charge in [-0.05, 0) is 12.8 Å². The summed E-state index contributed by atoms with van der Waals surface area (Å²) in [7, 11) is 0. The van der Waals surface area contributed by atoms with Crippen molar-refractivity contribution >= 4 is 11.6 Å². The van der Waals surface area contributed by atoms with Gasteiger partial charge in [0.15, 0.2) is 10.9 Å². The molecule has 0 saturated heterocycles. The molecule has 1 aromatic rings. The molecule has 0 aliphatic heterocycles. The SMILES string of the molecule is CC(C)COc1cc(Cl)nn(C(C)C(F)(F)F)c1=O. The van der Waals surface area contributed by atoms with Gasteiger partial charge < -0.3 is 4.74 Å². The highest BCUT2D eigenvalue weighted by Crippen LogP contribution is 2.29. The van der Waals surface area contributed by atoms with Gasteiger partial charge in [0.2, 0.25) is 0 Å². The zero-order valence-corrected chi connectivity index (χ0v) is 11.4. The molecule has 1 heterocycles. The number of halogens is 4. The van der Waals surface area contributed by atoms with E-state index in [1.807, 2.05) is 13.8 Å². The van der Waals surface area contributed by atoms with Crippen molar-refractivity contribution in [3.8, 4) is 5.75 Å². The van der Waals surface area contributed by atoms with Crippen molar-refractivity contribution in [2.45, 2.75) is 33.0 Å². The van der Waals surface area contributed by atoms with Crippen LogP contribution in [0.5, 0.6) is 5.75 Å². The third-order valence-corrected chi connectivity index (χ3v) is 2.47. The molecule has 1 atom stereocenters. The van der Waals surface area contributed by atoms with Crippen LogP contribution >= 0.6 is 11.6 Å². The summed E-state index contributed by atoms with van der Waals surface area (Å²) >= 11 is 5.61. The number of nitrogens with zero attached hydrogens (tertiary/aromatic N) is 2. The molecule has 19 heavy (non-hydrogen) atoms. The molecule has 1 aromatic heterocycles. The maximum Gasteiger partial charge on any atom is 0.410 e. The van der Waals surface area contributed by atoms with Crippen LogP contribution in [-0.2, 0) is 0 Å². The summed E-state index contributed by atoms with van der Waals surface area (Å²) in [6, 6.07) is -0.952. The second-order valence-electron chi connectivity index (χ2n) is 4.50. The van der Waals surface area contributed by atoms with Crippen LogP contribution in [-0.4, -0.2) is 22.6 Å². The summed E-state index contributed by atoms with van der Waals surface area (Å²) in [4.78, 5) is 11.8. The Kier molecular flexibility index (Phi) is 4.84. The van der Waals surface area contributed by atoms with Crippen LogP contribution in [0, 0.1) is 5.92 Å². The minimum atomic E-state index is -4.59. The Balaban J connectivity index is 3.17. The Bertz CT molecular complexity index is 500. The van der Waals surface area contributed by atoms with Crippen molar-refractivity contribution in [2.24, 2.45) is 5.92 Å². The first-order chi connectivity index (χ1) is 8.62. The molecule has 108 valence electrons. The Hall–Kier alpha value is -1.24. The maximum absolute atomic E-state index is 12.6. The van der Waals surface area contributed by atoms with Crippen molar-refractivity contribution in [3.05, 3.63) is 21.6 Å². The van der Waals surface area contributed by atoms with Crippen molar-refractivity contribution < 1.29 is 17.9 Å². The average Bonchev–Trinajstić information content (AvgIpc) is 2.27. The van der Waals surface area contributed by atoms with Crippen molar-refractivity contribution in [3.63, 3.8) is 0 Å². The topological polar surface area (TPSA) is 44.1 Å². The number of hydrogen-bond acceptors (Lipinski definition) is 3. The molecule has 0 aliphatic rings. The number of hydrogen-bond donors (Lipinski definition) is 0. The molecule has 0 radical (unpaired) electrons. The van der Waals surface area contributed by atoms with Crippen LogP contribution in [0.2, 0.25) is 5.15 Å². The van der Waals surface area contributed by atoms with E-state index in [-0.39, 0.29) is 28.1 Å². The second kappa shape index (κ2) is 5.81. The van der Waals surface area contributed by atoms with Crippen LogP contribution in [0.25, 0.3) is 0 Å². The van der Waals surface area contributed by atoms with E-state index in [9.17, 15) is 18.0 Å². The van der Waals surface area contributed by atoms with Gasteiger partial charge in [-0.1, -0.05) is 25.4 Å². The second-order valence-corrected chi connectivity index (χ2v) is 4.89. The van der Waals surface area contributed by atoms with Crippen LogP contribution in [0.4, 0.5) is 13.2 Å². The highest BCUT2D eigenvalue weighted by Gasteiger charge is 2.39. The number of rotatable bonds is 4. The lowest BCUT2D eigenvalue weighted by Crippen LogP contribution is -2.35. The van der Waals surface area contributed by atoms with Gasteiger partial charge in [-0.3, -0.25) is 4.79 Å². The summed E-state index contributed by atoms with van der Waals surface area (Å²) in [6.07, 6.45) is -4.59. The molecule has 0 saturated carbocycles. The predicted octanol–water partition coefficient (Wildman–Crippen LogP) is 3.05. The van der Waals surface area contributed by atoms with Gasteiger partial charge in [0, 0.05) is 6.07 Å². The first-order valence-electron chi connectivity index (χ1n) is 5.61. The molecule has 0 aromatic carbocycles. The van der Waals surface area contributed by atoms with E-state index in [0.29, 0.717) is 0 Å². The number of aromatic nitrogens is 2. The Morgan fingerprint density at radius 1 is 1.42 bits per heavy atom. The zero-order valence-electron chi connectivity index (χ0n) is 10.7. The van der Waals surface area contributed by atoms with Crippen molar-refractivity contribution in [1.82, 2.24) is 9.78 Å². The first kappa shape index (κ1) is 15.8. The molecule has 0 spiro atoms. The first-order valence-corrected chi connectivity index (χ1v) is 5.99. The van der Waals surface area contributed by atoms with E-state index in [2.05, 4.69) is 5.10 Å². The summed E-state index contributed by atoms with van der Waals surface area (Å²) in [5.74, 6) is -0.107. The lowest BCUT2D eigenvalue weighted by Gasteiger charge is -2.18. The summed E-state index contributed by atoms with van der Waals surface area (Å²) in [5, 5.41) is 3.17. The van der Waals surface area contributed by atoms with Gasteiger partial charge in [-0.2, -0.15) is 18.3 Å². The fourth-order valence-corrected chi connectivity index (χ4v) is 1.40. The Morgan fingerprint density at radius 2 is 2.00 bits per heavy atom. The van der Waals surface area contributed by atoms with E-state index in [0.717, 1.165) is 13.0 Å². The van der Waals surface area contributed by atoms with Gasteiger partial charge >= 0.3 is 11.7 Å². The van der Waals surface area contributed by atoms with Crippen LogP contribution in [0.3, 0.4) is 0 Å². The standard InChI is InChI=1S/C11H14ClF3N2O2/c1-6(2)5-19-8-4-9(12)16-17(10(8)18)7(3)11(13,14)15/h4,6-7H,5H2,1-3H3. The molecule has 1 rings (SSSR count). The monoisotopic (exact) mass is 298 g/mol. The average molecular weight is 299 g/mol. The molecular formula is C11H14ClF3N2O2. The van der Waals surface area contributed by atoms with Crippen LogP contribution in [0.1, 0.15) is 26.8 Å². The van der Waals surface area contributed by atoms with Gasteiger partial charge in [-0.25, -0.2) is 4.68 Å². The summed E-state index contributed by atoms with van der Waals surface area (Å²) < 4.78 is 43.3. The zero-order chi connectivity index (χ0) is 14.8. The Morgan fingerprint density at radius 3 is 2.47 bits per heavy atom. The maximum atomic E-state index is 12.6. The predicted molar refractivity (Wildman–Crippen MR) is 64.6 cm³/mol. The summed E-state index contributed by atoms with van der Waals surface area (Å²) in [5.41, 5.74) is -0.949. The normalized spacial score (nSPS) is 13.7. The number of ether oxygens (including phenoxy) is 1. The minimum absolute atomic E-state index is 0.125. The third kappa shape index (κ3) is 4.12. The molecule has 0 N–H and O–H groups in total. The van der Waals surface area contributed by atoms with E-state index in [1.165, 1.54) is 0 Å². The molecule has 0 amide bonds.